The molecule has 0 aliphatic carbocycles. The Morgan fingerprint density at radius 1 is 1.00 bits per heavy atom. The average Bonchev–Trinajstić information content (AvgIpc) is 2.72. The van der Waals surface area contributed by atoms with E-state index in [1.807, 2.05) is 18.2 Å². The molecule has 154 valence electrons. The first-order chi connectivity index (χ1) is 13.9. The molecule has 2 aromatic carbocycles. The van der Waals surface area contributed by atoms with Gasteiger partial charge in [0.15, 0.2) is 0 Å². The van der Waals surface area contributed by atoms with Crippen LogP contribution in [-0.4, -0.2) is 56.3 Å². The largest absolute Gasteiger partial charge is 0.326 e. The van der Waals surface area contributed by atoms with Gasteiger partial charge in [0.2, 0.25) is 15.9 Å². The number of carbonyl (C=O) groups is 1. The fourth-order valence-electron chi connectivity index (χ4n) is 3.84. The van der Waals surface area contributed by atoms with Crippen LogP contribution in [0.25, 0.3) is 0 Å². The highest BCUT2D eigenvalue weighted by molar-refractivity contribution is 7.89. The molecule has 1 amide bonds. The first kappa shape index (κ1) is 20.0. The summed E-state index contributed by atoms with van der Waals surface area (Å²) >= 11 is 0. The molecule has 2 aliphatic rings. The Morgan fingerprint density at radius 2 is 1.72 bits per heavy atom. The Kier molecular flexibility index (Phi) is 5.67. The number of nitrogens with zero attached hydrogens (tertiary/aromatic N) is 2. The smallest absolute Gasteiger partial charge is 0.246 e. The number of fused-ring (bicyclic) bond motifs is 1. The Morgan fingerprint density at radius 3 is 2.45 bits per heavy atom. The van der Waals surface area contributed by atoms with E-state index in [4.69, 9.17) is 0 Å². The van der Waals surface area contributed by atoms with Crippen LogP contribution in [-0.2, 0) is 27.7 Å². The molecule has 0 saturated carbocycles. The van der Waals surface area contributed by atoms with Crippen LogP contribution in [0.15, 0.2) is 47.4 Å². The second kappa shape index (κ2) is 8.22. The molecular formula is C21H24FN3O3S. The highest BCUT2D eigenvalue weighted by atomic mass is 32.2. The minimum absolute atomic E-state index is 0.181. The van der Waals surface area contributed by atoms with Crippen LogP contribution in [0.1, 0.15) is 17.5 Å². The van der Waals surface area contributed by atoms with E-state index in [1.165, 1.54) is 15.9 Å². The summed E-state index contributed by atoms with van der Waals surface area (Å²) in [5.74, 6) is -1.00. The van der Waals surface area contributed by atoms with E-state index in [9.17, 15) is 17.6 Å². The van der Waals surface area contributed by atoms with Gasteiger partial charge >= 0.3 is 0 Å². The summed E-state index contributed by atoms with van der Waals surface area (Å²) in [6.45, 7) is 2.78. The standard InChI is InChI=1S/C21H24FN3O3S/c22-18-15-19-17(6-7-21(26)23-19)14-20(18)29(27,28)25-12-10-24(11-13-25)9-8-16-4-2-1-3-5-16/h1-5,14-15H,6-13H2,(H,23,26). The first-order valence-electron chi connectivity index (χ1n) is 9.82. The van der Waals surface area contributed by atoms with Crippen LogP contribution >= 0.6 is 0 Å². The first-order valence-corrected chi connectivity index (χ1v) is 11.3. The molecule has 6 nitrogen and oxygen atoms in total. The Balaban J connectivity index is 1.42. The number of anilines is 1. The zero-order chi connectivity index (χ0) is 20.4. The van der Waals surface area contributed by atoms with Gasteiger partial charge in [-0.15, -0.1) is 0 Å². The normalized spacial score (nSPS) is 18.3. The van der Waals surface area contributed by atoms with Crippen LogP contribution in [0.5, 0.6) is 0 Å². The molecule has 29 heavy (non-hydrogen) atoms. The third kappa shape index (κ3) is 4.34. The number of aryl methyl sites for hydroxylation is 1. The highest BCUT2D eigenvalue weighted by Crippen LogP contribution is 2.30. The molecule has 1 N–H and O–H groups in total. The van der Waals surface area contributed by atoms with E-state index in [0.29, 0.717) is 43.9 Å². The van der Waals surface area contributed by atoms with Gasteiger partial charge in [0.1, 0.15) is 10.7 Å². The summed E-state index contributed by atoms with van der Waals surface area (Å²) in [6, 6.07) is 12.7. The van der Waals surface area contributed by atoms with E-state index in [-0.39, 0.29) is 17.2 Å². The molecule has 0 radical (unpaired) electrons. The monoisotopic (exact) mass is 417 g/mol. The molecule has 0 spiro atoms. The number of amides is 1. The van der Waals surface area contributed by atoms with Crippen LogP contribution in [0.2, 0.25) is 0 Å². The molecule has 4 rings (SSSR count). The molecular weight excluding hydrogens is 393 g/mol. The van der Waals surface area contributed by atoms with Crippen LogP contribution in [0, 0.1) is 5.82 Å². The third-order valence-corrected chi connectivity index (χ3v) is 7.48. The summed E-state index contributed by atoms with van der Waals surface area (Å²) in [5.41, 5.74) is 2.28. The van der Waals surface area contributed by atoms with Crippen molar-refractivity contribution in [2.45, 2.75) is 24.2 Å². The van der Waals surface area contributed by atoms with Gasteiger partial charge in [-0.25, -0.2) is 12.8 Å². The van der Waals surface area contributed by atoms with Crippen molar-refractivity contribution in [3.63, 3.8) is 0 Å². The van der Waals surface area contributed by atoms with E-state index in [1.54, 1.807) is 0 Å². The lowest BCUT2D eigenvalue weighted by atomic mass is 10.0. The zero-order valence-corrected chi connectivity index (χ0v) is 16.9. The van der Waals surface area contributed by atoms with Crippen LogP contribution < -0.4 is 5.32 Å². The van der Waals surface area contributed by atoms with Gasteiger partial charge < -0.3 is 10.2 Å². The fraction of sp³-hybridized carbons (Fsp3) is 0.381. The average molecular weight is 418 g/mol. The van der Waals surface area contributed by atoms with E-state index < -0.39 is 15.8 Å². The summed E-state index contributed by atoms with van der Waals surface area (Å²) in [4.78, 5) is 13.4. The van der Waals surface area contributed by atoms with Crippen molar-refractivity contribution >= 4 is 21.6 Å². The molecule has 0 aromatic heterocycles. The van der Waals surface area contributed by atoms with Crippen molar-refractivity contribution in [2.75, 3.05) is 38.0 Å². The van der Waals surface area contributed by atoms with Gasteiger partial charge in [-0.3, -0.25) is 4.79 Å². The predicted molar refractivity (Wildman–Crippen MR) is 109 cm³/mol. The zero-order valence-electron chi connectivity index (χ0n) is 16.1. The van der Waals surface area contributed by atoms with E-state index in [0.717, 1.165) is 19.0 Å². The minimum Gasteiger partial charge on any atom is -0.326 e. The lowest BCUT2D eigenvalue weighted by Gasteiger charge is -2.34. The van der Waals surface area contributed by atoms with Gasteiger partial charge in [0.05, 0.1) is 0 Å². The molecule has 2 aromatic rings. The number of nitrogens with one attached hydrogen (secondary N) is 1. The van der Waals surface area contributed by atoms with Gasteiger partial charge in [-0.2, -0.15) is 4.31 Å². The predicted octanol–water partition coefficient (Wildman–Crippen LogP) is 2.26. The number of rotatable bonds is 5. The Hall–Kier alpha value is -2.29. The number of hydrogen-bond donors (Lipinski definition) is 1. The highest BCUT2D eigenvalue weighted by Gasteiger charge is 2.32. The lowest BCUT2D eigenvalue weighted by Crippen LogP contribution is -2.49. The molecule has 2 aliphatic heterocycles. The lowest BCUT2D eigenvalue weighted by molar-refractivity contribution is -0.116. The summed E-state index contributed by atoms with van der Waals surface area (Å²) in [5, 5.41) is 2.60. The minimum atomic E-state index is -3.91. The van der Waals surface area contributed by atoms with Crippen LogP contribution in [0.4, 0.5) is 10.1 Å². The van der Waals surface area contributed by atoms with Gasteiger partial charge in [0, 0.05) is 44.8 Å². The molecule has 0 bridgehead atoms. The number of hydrogen-bond acceptors (Lipinski definition) is 4. The second-order valence-electron chi connectivity index (χ2n) is 7.47. The summed E-state index contributed by atoms with van der Waals surface area (Å²) in [7, 11) is -3.91. The van der Waals surface area contributed by atoms with Crippen molar-refractivity contribution in [3.05, 3.63) is 59.4 Å². The maximum Gasteiger partial charge on any atom is 0.246 e. The SMILES string of the molecule is O=C1CCc2cc(S(=O)(=O)N3CCN(CCc4ccccc4)CC3)c(F)cc2N1. The number of sulfonamides is 1. The molecule has 0 unspecified atom stereocenters. The maximum atomic E-state index is 14.6. The van der Waals surface area contributed by atoms with Crippen molar-refractivity contribution in [1.82, 2.24) is 9.21 Å². The Bertz CT molecular complexity index is 1000. The molecule has 1 saturated heterocycles. The van der Waals surface area contributed by atoms with E-state index >= 15 is 0 Å². The summed E-state index contributed by atoms with van der Waals surface area (Å²) in [6.07, 6.45) is 1.61. The summed E-state index contributed by atoms with van der Waals surface area (Å²) < 4.78 is 42.0. The van der Waals surface area contributed by atoms with E-state index in [2.05, 4.69) is 22.3 Å². The molecule has 2 heterocycles. The van der Waals surface area contributed by atoms with Gasteiger partial charge in [-0.1, -0.05) is 30.3 Å². The fourth-order valence-corrected chi connectivity index (χ4v) is 5.36. The van der Waals surface area contributed by atoms with Crippen molar-refractivity contribution in [3.8, 4) is 0 Å². The van der Waals surface area contributed by atoms with Crippen LogP contribution in [0.3, 0.4) is 0 Å². The quantitative estimate of drug-likeness (QED) is 0.810. The van der Waals surface area contributed by atoms with Gasteiger partial charge in [0.25, 0.3) is 0 Å². The van der Waals surface area contributed by atoms with Crippen molar-refractivity contribution in [2.24, 2.45) is 0 Å². The second-order valence-corrected chi connectivity index (χ2v) is 9.38. The molecule has 8 heteroatoms. The maximum absolute atomic E-state index is 14.6. The number of carbonyl (C=O) groups excluding carboxylic acids is 1. The molecule has 1 fully saturated rings. The van der Waals surface area contributed by atoms with Crippen molar-refractivity contribution in [1.29, 1.82) is 0 Å². The number of piperazine rings is 1. The Labute approximate surface area is 170 Å². The van der Waals surface area contributed by atoms with Crippen molar-refractivity contribution < 1.29 is 17.6 Å². The molecule has 0 atom stereocenters. The topological polar surface area (TPSA) is 69.7 Å². The third-order valence-electron chi connectivity index (χ3n) is 5.56. The number of halogens is 1. The number of benzene rings is 2. The van der Waals surface area contributed by atoms with Gasteiger partial charge in [-0.05, 0) is 36.1 Å².